The first-order valence-electron chi connectivity index (χ1n) is 10.3. The van der Waals surface area contributed by atoms with Crippen LogP contribution in [-0.4, -0.2) is 59.6 Å². The van der Waals surface area contributed by atoms with Gasteiger partial charge < -0.3 is 19.5 Å². The number of hydrogen-bond acceptors (Lipinski definition) is 7. The zero-order chi connectivity index (χ0) is 22.5. The van der Waals surface area contributed by atoms with Gasteiger partial charge in [-0.3, -0.25) is 14.7 Å². The van der Waals surface area contributed by atoms with Gasteiger partial charge >= 0.3 is 0 Å². The molecule has 168 valence electrons. The third kappa shape index (κ3) is 4.35. The van der Waals surface area contributed by atoms with Crippen LogP contribution in [-0.2, 0) is 4.74 Å². The number of aromatic amines is 1. The maximum absolute atomic E-state index is 13.0. The molecule has 1 aliphatic heterocycles. The van der Waals surface area contributed by atoms with E-state index in [0.29, 0.717) is 40.7 Å². The highest BCUT2D eigenvalue weighted by atomic mass is 16.5. The number of carbonyl (C=O) groups is 1. The van der Waals surface area contributed by atoms with Crippen LogP contribution in [0.1, 0.15) is 23.2 Å². The molecule has 1 fully saturated rings. The Morgan fingerprint density at radius 1 is 1.19 bits per heavy atom. The molecule has 0 spiro atoms. The fourth-order valence-electron chi connectivity index (χ4n) is 3.66. The first-order chi connectivity index (χ1) is 15.6. The van der Waals surface area contributed by atoms with Crippen LogP contribution >= 0.6 is 0 Å². The number of nitrogens with zero attached hydrogens (tertiary/aromatic N) is 3. The number of pyridine rings is 2. The molecule has 0 unspecified atom stereocenters. The van der Waals surface area contributed by atoms with Gasteiger partial charge in [0.2, 0.25) is 0 Å². The predicted molar refractivity (Wildman–Crippen MR) is 116 cm³/mol. The fraction of sp³-hybridized carbons (Fsp3) is 0.364. The second kappa shape index (κ2) is 9.65. The second-order valence-corrected chi connectivity index (χ2v) is 7.40. The number of carbonyl (C=O) groups excluding carboxylic acids is 1. The number of nitrogens with one attached hydrogen (secondary N) is 2. The van der Waals surface area contributed by atoms with E-state index in [1.54, 1.807) is 30.6 Å². The van der Waals surface area contributed by atoms with E-state index >= 15 is 0 Å². The molecule has 0 radical (unpaired) electrons. The van der Waals surface area contributed by atoms with Gasteiger partial charge in [0.1, 0.15) is 0 Å². The van der Waals surface area contributed by atoms with E-state index in [1.807, 2.05) is 0 Å². The van der Waals surface area contributed by atoms with Crippen molar-refractivity contribution in [3.05, 3.63) is 52.7 Å². The molecule has 32 heavy (non-hydrogen) atoms. The standard InChI is InChI=1S/C22H25N5O5/c1-30-19-16(5-8-23-21(19)31-2)17-13-26-27(22(17)29)18-4-3-15(12-24-18)20(28)25-11-14-6-9-32-10-7-14/h3-5,8,12-14,26H,6-7,9-11H2,1-2H3,(H,25,28). The lowest BCUT2D eigenvalue weighted by molar-refractivity contribution is 0.0642. The van der Waals surface area contributed by atoms with Crippen LogP contribution in [0.2, 0.25) is 0 Å². The van der Waals surface area contributed by atoms with Crippen molar-refractivity contribution >= 4 is 5.91 Å². The van der Waals surface area contributed by atoms with Gasteiger partial charge in [-0.05, 0) is 37.0 Å². The van der Waals surface area contributed by atoms with Crippen LogP contribution in [0.25, 0.3) is 16.9 Å². The van der Waals surface area contributed by atoms with E-state index in [4.69, 9.17) is 14.2 Å². The first-order valence-corrected chi connectivity index (χ1v) is 10.3. The van der Waals surface area contributed by atoms with E-state index < -0.39 is 0 Å². The van der Waals surface area contributed by atoms with Crippen LogP contribution in [0, 0.1) is 5.92 Å². The number of rotatable bonds is 7. The van der Waals surface area contributed by atoms with Gasteiger partial charge in [0.05, 0.1) is 25.3 Å². The van der Waals surface area contributed by atoms with Crippen LogP contribution in [0.4, 0.5) is 0 Å². The van der Waals surface area contributed by atoms with Crippen molar-refractivity contribution in [2.24, 2.45) is 5.92 Å². The van der Waals surface area contributed by atoms with E-state index in [9.17, 15) is 9.59 Å². The van der Waals surface area contributed by atoms with Crippen molar-refractivity contribution in [2.75, 3.05) is 34.0 Å². The zero-order valence-electron chi connectivity index (χ0n) is 18.0. The van der Waals surface area contributed by atoms with Crippen molar-refractivity contribution in [1.29, 1.82) is 0 Å². The van der Waals surface area contributed by atoms with Crippen LogP contribution in [0.3, 0.4) is 0 Å². The minimum Gasteiger partial charge on any atom is -0.491 e. The summed E-state index contributed by atoms with van der Waals surface area (Å²) in [4.78, 5) is 33.8. The monoisotopic (exact) mass is 439 g/mol. The van der Waals surface area contributed by atoms with Crippen LogP contribution < -0.4 is 20.3 Å². The van der Waals surface area contributed by atoms with Crippen molar-refractivity contribution < 1.29 is 19.0 Å². The van der Waals surface area contributed by atoms with Gasteiger partial charge in [-0.25, -0.2) is 14.6 Å². The number of hydrogen-bond donors (Lipinski definition) is 2. The van der Waals surface area contributed by atoms with Gasteiger partial charge in [0.25, 0.3) is 17.3 Å². The lowest BCUT2D eigenvalue weighted by atomic mass is 10.0. The molecular weight excluding hydrogens is 414 g/mol. The van der Waals surface area contributed by atoms with Crippen LogP contribution in [0.15, 0.2) is 41.6 Å². The second-order valence-electron chi connectivity index (χ2n) is 7.40. The van der Waals surface area contributed by atoms with E-state index in [-0.39, 0.29) is 17.3 Å². The average molecular weight is 439 g/mol. The predicted octanol–water partition coefficient (Wildman–Crippen LogP) is 1.80. The summed E-state index contributed by atoms with van der Waals surface area (Å²) in [5.74, 6) is 1.25. The molecule has 10 heteroatoms. The van der Waals surface area contributed by atoms with Crippen molar-refractivity contribution in [2.45, 2.75) is 12.8 Å². The molecular formula is C22H25N5O5. The quantitative estimate of drug-likeness (QED) is 0.576. The normalized spacial score (nSPS) is 14.2. The van der Waals surface area contributed by atoms with Gasteiger partial charge in [-0.2, -0.15) is 0 Å². The molecule has 10 nitrogen and oxygen atoms in total. The number of ether oxygens (including phenoxy) is 3. The average Bonchev–Trinajstić information content (AvgIpc) is 3.23. The lowest BCUT2D eigenvalue weighted by Gasteiger charge is -2.22. The molecule has 1 aliphatic rings. The zero-order valence-corrected chi connectivity index (χ0v) is 18.0. The van der Waals surface area contributed by atoms with Crippen molar-refractivity contribution in [3.63, 3.8) is 0 Å². The third-order valence-corrected chi connectivity index (χ3v) is 5.46. The first kappa shape index (κ1) is 21.6. The molecule has 0 bridgehead atoms. The van der Waals surface area contributed by atoms with Crippen LogP contribution in [0.5, 0.6) is 11.6 Å². The Labute approximate surface area is 184 Å². The Bertz CT molecular complexity index is 1130. The highest BCUT2D eigenvalue weighted by molar-refractivity contribution is 5.93. The number of H-pyrrole nitrogens is 1. The third-order valence-electron chi connectivity index (χ3n) is 5.46. The summed E-state index contributed by atoms with van der Waals surface area (Å²) in [5.41, 5.74) is 1.04. The summed E-state index contributed by atoms with van der Waals surface area (Å²) in [5, 5.41) is 5.85. The minimum absolute atomic E-state index is 0.191. The SMILES string of the molecule is COc1nccc(-c2c[nH]n(-c3ccc(C(=O)NCC4CCOCC4)cn3)c2=O)c1OC. The van der Waals surface area contributed by atoms with E-state index in [2.05, 4.69) is 20.4 Å². The fourth-order valence-corrected chi connectivity index (χ4v) is 3.66. The molecule has 3 aromatic rings. The lowest BCUT2D eigenvalue weighted by Crippen LogP contribution is -2.32. The minimum atomic E-state index is -0.319. The summed E-state index contributed by atoms with van der Waals surface area (Å²) in [7, 11) is 2.97. The van der Waals surface area contributed by atoms with E-state index in [1.165, 1.54) is 25.1 Å². The number of amides is 1. The Morgan fingerprint density at radius 2 is 2.00 bits per heavy atom. The Morgan fingerprint density at radius 3 is 2.69 bits per heavy atom. The van der Waals surface area contributed by atoms with Gasteiger partial charge in [-0.1, -0.05) is 0 Å². The maximum atomic E-state index is 13.0. The molecule has 4 rings (SSSR count). The van der Waals surface area contributed by atoms with Gasteiger partial charge in [0, 0.05) is 43.9 Å². The summed E-state index contributed by atoms with van der Waals surface area (Å²) < 4.78 is 17.2. The highest BCUT2D eigenvalue weighted by Crippen LogP contribution is 2.34. The van der Waals surface area contributed by atoms with E-state index in [0.717, 1.165) is 26.1 Å². The number of aromatic nitrogens is 4. The molecule has 0 aliphatic carbocycles. The molecule has 0 saturated carbocycles. The largest absolute Gasteiger partial charge is 0.491 e. The summed E-state index contributed by atoms with van der Waals surface area (Å²) in [6.07, 6.45) is 6.46. The van der Waals surface area contributed by atoms with Crippen molar-refractivity contribution in [3.8, 4) is 28.6 Å². The molecule has 2 N–H and O–H groups in total. The number of methoxy groups -OCH3 is 2. The van der Waals surface area contributed by atoms with Gasteiger partial charge in [0.15, 0.2) is 11.6 Å². The molecule has 1 amide bonds. The van der Waals surface area contributed by atoms with Gasteiger partial charge in [-0.15, -0.1) is 0 Å². The Kier molecular flexibility index (Phi) is 6.50. The summed E-state index contributed by atoms with van der Waals surface area (Å²) in [6.45, 7) is 2.09. The molecule has 3 aromatic heterocycles. The topological polar surface area (TPSA) is 120 Å². The smallest absolute Gasteiger partial charge is 0.280 e. The summed E-state index contributed by atoms with van der Waals surface area (Å²) in [6, 6.07) is 4.94. The molecule has 0 aromatic carbocycles. The Hall–Kier alpha value is -3.66. The molecule has 1 saturated heterocycles. The molecule has 4 heterocycles. The highest BCUT2D eigenvalue weighted by Gasteiger charge is 2.19. The molecule has 0 atom stereocenters. The maximum Gasteiger partial charge on any atom is 0.280 e. The summed E-state index contributed by atoms with van der Waals surface area (Å²) >= 11 is 0. The Balaban J connectivity index is 1.51. The van der Waals surface area contributed by atoms with Crippen molar-refractivity contribution in [1.82, 2.24) is 25.1 Å².